The fourth-order valence-corrected chi connectivity index (χ4v) is 1.65. The predicted octanol–water partition coefficient (Wildman–Crippen LogP) is 2.46. The van der Waals surface area contributed by atoms with Gasteiger partial charge in [0.25, 0.3) is 0 Å². The van der Waals surface area contributed by atoms with Gasteiger partial charge in [-0.1, -0.05) is 6.92 Å². The number of rotatable bonds is 5. The molecule has 0 saturated heterocycles. The van der Waals surface area contributed by atoms with E-state index in [4.69, 9.17) is 9.15 Å². The van der Waals surface area contributed by atoms with E-state index in [1.165, 1.54) is 0 Å². The predicted molar refractivity (Wildman–Crippen MR) is 65.9 cm³/mol. The van der Waals surface area contributed by atoms with Crippen molar-refractivity contribution in [2.75, 3.05) is 13.7 Å². The van der Waals surface area contributed by atoms with Gasteiger partial charge in [0.05, 0.1) is 26.1 Å². The fourth-order valence-electron chi connectivity index (χ4n) is 1.65. The Morgan fingerprint density at radius 1 is 1.41 bits per heavy atom. The van der Waals surface area contributed by atoms with Crippen LogP contribution in [0.15, 0.2) is 35.2 Å². The summed E-state index contributed by atoms with van der Waals surface area (Å²) in [5, 5.41) is 3.24. The summed E-state index contributed by atoms with van der Waals surface area (Å²) in [5.74, 6) is 1.67. The zero-order chi connectivity index (χ0) is 12.1. The number of ether oxygens (including phenoxy) is 1. The van der Waals surface area contributed by atoms with Gasteiger partial charge in [0, 0.05) is 17.3 Å². The number of aromatic nitrogens is 1. The van der Waals surface area contributed by atoms with Crippen LogP contribution in [0.5, 0.6) is 5.75 Å². The summed E-state index contributed by atoms with van der Waals surface area (Å²) in [6.45, 7) is 3.70. The molecule has 0 bridgehead atoms. The second-order valence-electron chi connectivity index (χ2n) is 3.65. The Hall–Kier alpha value is -1.81. The van der Waals surface area contributed by atoms with E-state index in [9.17, 15) is 0 Å². The molecular formula is C13H16N2O2. The lowest BCUT2D eigenvalue weighted by Crippen LogP contribution is -2.11. The quantitative estimate of drug-likeness (QED) is 0.860. The van der Waals surface area contributed by atoms with Crippen molar-refractivity contribution in [1.82, 2.24) is 10.3 Å². The maximum absolute atomic E-state index is 5.46. The molecule has 0 aliphatic rings. The third-order valence-corrected chi connectivity index (χ3v) is 2.54. The average molecular weight is 232 g/mol. The van der Waals surface area contributed by atoms with Crippen molar-refractivity contribution >= 4 is 0 Å². The third kappa shape index (κ3) is 2.65. The molecule has 0 unspecified atom stereocenters. The molecule has 0 aliphatic heterocycles. The Bertz CT molecular complexity index is 480. The van der Waals surface area contributed by atoms with Crippen LogP contribution in [0, 0.1) is 0 Å². The SMILES string of the molecule is CCNCc1occc1-c1cncc(OC)c1. The van der Waals surface area contributed by atoms with Crippen molar-refractivity contribution < 1.29 is 9.15 Å². The van der Waals surface area contributed by atoms with E-state index < -0.39 is 0 Å². The van der Waals surface area contributed by atoms with Gasteiger partial charge in [-0.25, -0.2) is 0 Å². The van der Waals surface area contributed by atoms with Gasteiger partial charge >= 0.3 is 0 Å². The number of nitrogens with one attached hydrogen (secondary N) is 1. The zero-order valence-electron chi connectivity index (χ0n) is 10.1. The van der Waals surface area contributed by atoms with Crippen LogP contribution in [-0.2, 0) is 6.54 Å². The van der Waals surface area contributed by atoms with Crippen molar-refractivity contribution in [3.8, 4) is 16.9 Å². The minimum Gasteiger partial charge on any atom is -0.495 e. The lowest BCUT2D eigenvalue weighted by atomic mass is 10.1. The molecule has 0 fully saturated rings. The van der Waals surface area contributed by atoms with Crippen LogP contribution in [0.3, 0.4) is 0 Å². The molecule has 1 N–H and O–H groups in total. The molecule has 0 spiro atoms. The lowest BCUT2D eigenvalue weighted by Gasteiger charge is -2.05. The molecule has 17 heavy (non-hydrogen) atoms. The molecule has 2 rings (SSSR count). The number of nitrogens with zero attached hydrogens (tertiary/aromatic N) is 1. The standard InChI is InChI=1S/C13H16N2O2/c1-3-14-9-13-12(4-5-17-13)10-6-11(16-2)8-15-7-10/h4-8,14H,3,9H2,1-2H3. The second kappa shape index (κ2) is 5.50. The van der Waals surface area contributed by atoms with Crippen LogP contribution in [0.2, 0.25) is 0 Å². The van der Waals surface area contributed by atoms with E-state index in [0.717, 1.165) is 35.7 Å². The maximum Gasteiger partial charge on any atom is 0.137 e. The molecule has 0 saturated carbocycles. The summed E-state index contributed by atoms with van der Waals surface area (Å²) in [4.78, 5) is 4.15. The van der Waals surface area contributed by atoms with Gasteiger partial charge in [-0.2, -0.15) is 0 Å². The first-order valence-electron chi connectivity index (χ1n) is 5.61. The summed E-state index contributed by atoms with van der Waals surface area (Å²) in [5.41, 5.74) is 2.06. The summed E-state index contributed by atoms with van der Waals surface area (Å²) in [7, 11) is 1.63. The number of methoxy groups -OCH3 is 1. The van der Waals surface area contributed by atoms with Crippen LogP contribution in [0.25, 0.3) is 11.1 Å². The van der Waals surface area contributed by atoms with Gasteiger partial charge in [-0.15, -0.1) is 0 Å². The van der Waals surface area contributed by atoms with Crippen LogP contribution in [0.1, 0.15) is 12.7 Å². The molecule has 0 atom stereocenters. The molecule has 0 radical (unpaired) electrons. The molecule has 2 aromatic rings. The summed E-state index contributed by atoms with van der Waals surface area (Å²) in [6.07, 6.45) is 5.19. The topological polar surface area (TPSA) is 47.3 Å². The molecule has 4 heteroatoms. The second-order valence-corrected chi connectivity index (χ2v) is 3.65. The van der Waals surface area contributed by atoms with Gasteiger partial charge in [0.1, 0.15) is 11.5 Å². The average Bonchev–Trinajstić information content (AvgIpc) is 2.84. The van der Waals surface area contributed by atoms with Crippen LogP contribution in [0.4, 0.5) is 0 Å². The highest BCUT2D eigenvalue weighted by atomic mass is 16.5. The molecule has 0 aromatic carbocycles. The van der Waals surface area contributed by atoms with Gasteiger partial charge in [0.15, 0.2) is 0 Å². The van der Waals surface area contributed by atoms with Gasteiger partial charge in [-0.05, 0) is 18.7 Å². The molecular weight excluding hydrogens is 216 g/mol. The summed E-state index contributed by atoms with van der Waals surface area (Å²) in [6, 6.07) is 3.90. The third-order valence-electron chi connectivity index (χ3n) is 2.54. The monoisotopic (exact) mass is 232 g/mol. The lowest BCUT2D eigenvalue weighted by molar-refractivity contribution is 0.413. The maximum atomic E-state index is 5.46. The van der Waals surface area contributed by atoms with Crippen LogP contribution in [-0.4, -0.2) is 18.6 Å². The van der Waals surface area contributed by atoms with E-state index in [-0.39, 0.29) is 0 Å². The van der Waals surface area contributed by atoms with Crippen molar-refractivity contribution in [1.29, 1.82) is 0 Å². The minimum atomic E-state index is 0.718. The van der Waals surface area contributed by atoms with Crippen molar-refractivity contribution in [3.63, 3.8) is 0 Å². The first-order chi connectivity index (χ1) is 8.35. The Balaban J connectivity index is 2.28. The Morgan fingerprint density at radius 2 is 2.29 bits per heavy atom. The summed E-state index contributed by atoms with van der Waals surface area (Å²) < 4.78 is 10.6. The van der Waals surface area contributed by atoms with E-state index in [1.54, 1.807) is 19.6 Å². The van der Waals surface area contributed by atoms with E-state index >= 15 is 0 Å². The first kappa shape index (κ1) is 11.7. The normalized spacial score (nSPS) is 10.5. The first-order valence-corrected chi connectivity index (χ1v) is 5.61. The van der Waals surface area contributed by atoms with E-state index in [1.807, 2.05) is 18.3 Å². The molecule has 2 aromatic heterocycles. The molecule has 0 aliphatic carbocycles. The van der Waals surface area contributed by atoms with Gasteiger partial charge in [-0.3, -0.25) is 4.98 Å². The number of hydrogen-bond acceptors (Lipinski definition) is 4. The van der Waals surface area contributed by atoms with Crippen molar-refractivity contribution in [3.05, 3.63) is 36.5 Å². The van der Waals surface area contributed by atoms with Gasteiger partial charge in [0.2, 0.25) is 0 Å². The zero-order valence-corrected chi connectivity index (χ0v) is 10.1. The molecule has 4 nitrogen and oxygen atoms in total. The molecule has 2 heterocycles. The Morgan fingerprint density at radius 3 is 3.06 bits per heavy atom. The molecule has 0 amide bonds. The van der Waals surface area contributed by atoms with E-state index in [2.05, 4.69) is 17.2 Å². The van der Waals surface area contributed by atoms with Crippen molar-refractivity contribution in [2.45, 2.75) is 13.5 Å². The van der Waals surface area contributed by atoms with Crippen LogP contribution >= 0.6 is 0 Å². The van der Waals surface area contributed by atoms with Crippen LogP contribution < -0.4 is 10.1 Å². The van der Waals surface area contributed by atoms with Crippen molar-refractivity contribution in [2.24, 2.45) is 0 Å². The number of hydrogen-bond donors (Lipinski definition) is 1. The number of pyridine rings is 1. The minimum absolute atomic E-state index is 0.718. The van der Waals surface area contributed by atoms with E-state index in [0.29, 0.717) is 0 Å². The largest absolute Gasteiger partial charge is 0.495 e. The smallest absolute Gasteiger partial charge is 0.137 e. The summed E-state index contributed by atoms with van der Waals surface area (Å²) >= 11 is 0. The number of furan rings is 1. The van der Waals surface area contributed by atoms with Gasteiger partial charge < -0.3 is 14.5 Å². The highest BCUT2D eigenvalue weighted by molar-refractivity contribution is 5.65. The Labute approximate surface area is 101 Å². The molecule has 90 valence electrons. The highest BCUT2D eigenvalue weighted by Gasteiger charge is 2.09. The highest BCUT2D eigenvalue weighted by Crippen LogP contribution is 2.26. The fraction of sp³-hybridized carbons (Fsp3) is 0.308. The Kier molecular flexibility index (Phi) is 3.77.